The van der Waals surface area contributed by atoms with Gasteiger partial charge in [0, 0.05) is 18.8 Å². The monoisotopic (exact) mass is 523 g/mol. The van der Waals surface area contributed by atoms with E-state index in [1.807, 2.05) is 34.6 Å². The first kappa shape index (κ1) is 31.9. The molecule has 10 nitrogen and oxygen atoms in total. The van der Waals surface area contributed by atoms with Gasteiger partial charge in [0.05, 0.1) is 0 Å². The first-order chi connectivity index (χ1) is 17.2. The topological polar surface area (TPSA) is 151 Å². The van der Waals surface area contributed by atoms with Gasteiger partial charge in [0.25, 0.3) is 0 Å². The van der Waals surface area contributed by atoms with Crippen molar-refractivity contribution < 1.29 is 43.2 Å². The van der Waals surface area contributed by atoms with E-state index in [0.717, 1.165) is 0 Å². The number of ether oxygens (including phenoxy) is 4. The summed E-state index contributed by atoms with van der Waals surface area (Å²) in [6.45, 7) is 12.6. The van der Waals surface area contributed by atoms with Crippen molar-refractivity contribution in [3.8, 4) is 11.5 Å². The predicted molar refractivity (Wildman–Crippen MR) is 136 cm³/mol. The molecule has 10 heteroatoms. The van der Waals surface area contributed by atoms with E-state index in [0.29, 0.717) is 12.0 Å². The van der Waals surface area contributed by atoms with Gasteiger partial charge in [-0.15, -0.1) is 0 Å². The molecule has 0 heterocycles. The summed E-state index contributed by atoms with van der Waals surface area (Å²) in [7, 11) is 0. The van der Waals surface area contributed by atoms with Crippen molar-refractivity contribution >= 4 is 24.1 Å². The van der Waals surface area contributed by atoms with Gasteiger partial charge in [-0.25, -0.2) is 4.79 Å². The number of nitrogens with two attached hydrogens (primary N) is 1. The van der Waals surface area contributed by atoms with Crippen LogP contribution in [0.5, 0.6) is 11.5 Å². The molecule has 0 aliphatic rings. The van der Waals surface area contributed by atoms with E-state index in [1.165, 1.54) is 12.1 Å². The normalized spacial score (nSPS) is 14.4. The average molecular weight is 524 g/mol. The Morgan fingerprint density at radius 3 is 1.84 bits per heavy atom. The van der Waals surface area contributed by atoms with Crippen LogP contribution < -0.4 is 15.2 Å². The summed E-state index contributed by atoms with van der Waals surface area (Å²) >= 11 is 0. The number of carboxylic acids is 1. The maximum Gasteiger partial charge on any atom is 0.508 e. The lowest BCUT2D eigenvalue weighted by atomic mass is 9.87. The van der Waals surface area contributed by atoms with E-state index in [1.54, 1.807) is 19.9 Å². The van der Waals surface area contributed by atoms with Crippen LogP contribution in [0.1, 0.15) is 85.6 Å². The molecular weight excluding hydrogens is 482 g/mol. The third-order valence-electron chi connectivity index (χ3n) is 5.47. The zero-order valence-corrected chi connectivity index (χ0v) is 22.8. The smallest absolute Gasteiger partial charge is 0.480 e. The van der Waals surface area contributed by atoms with Crippen LogP contribution in [0.25, 0.3) is 0 Å². The van der Waals surface area contributed by atoms with Gasteiger partial charge in [0.1, 0.15) is 18.2 Å². The highest BCUT2D eigenvalue weighted by Gasteiger charge is 2.30. The molecule has 0 aliphatic heterocycles. The molecule has 0 bridgehead atoms. The molecule has 0 fully saturated rings. The van der Waals surface area contributed by atoms with Gasteiger partial charge < -0.3 is 29.8 Å². The maximum atomic E-state index is 12.4. The van der Waals surface area contributed by atoms with Gasteiger partial charge in [-0.3, -0.25) is 14.4 Å². The third kappa shape index (κ3) is 11.6. The Bertz CT molecular complexity index is 928. The highest BCUT2D eigenvalue weighted by atomic mass is 16.7. The molecule has 0 amide bonds. The Morgan fingerprint density at radius 1 is 0.838 bits per heavy atom. The minimum Gasteiger partial charge on any atom is -0.480 e. The van der Waals surface area contributed by atoms with Gasteiger partial charge in [-0.2, -0.15) is 0 Å². The summed E-state index contributed by atoms with van der Waals surface area (Å²) in [4.78, 5) is 48.5. The Morgan fingerprint density at radius 2 is 1.35 bits per heavy atom. The van der Waals surface area contributed by atoms with E-state index in [4.69, 9.17) is 24.7 Å². The molecule has 4 atom stereocenters. The second-order valence-electron chi connectivity index (χ2n) is 10.1. The highest BCUT2D eigenvalue weighted by Crippen LogP contribution is 2.35. The Hall–Kier alpha value is -3.14. The van der Waals surface area contributed by atoms with Crippen LogP contribution in [0.2, 0.25) is 0 Å². The first-order valence-corrected chi connectivity index (χ1v) is 12.6. The molecule has 0 aliphatic carbocycles. The molecule has 3 unspecified atom stereocenters. The van der Waals surface area contributed by atoms with E-state index in [9.17, 15) is 24.3 Å². The summed E-state index contributed by atoms with van der Waals surface area (Å²) in [5.41, 5.74) is 6.41. The lowest BCUT2D eigenvalue weighted by molar-refractivity contribution is -0.139. The van der Waals surface area contributed by atoms with Crippen LogP contribution in [-0.4, -0.2) is 47.4 Å². The molecule has 1 aromatic rings. The average Bonchev–Trinajstić information content (AvgIpc) is 2.76. The van der Waals surface area contributed by atoms with Gasteiger partial charge in [0.15, 0.2) is 11.5 Å². The minimum absolute atomic E-state index is 0.0207. The summed E-state index contributed by atoms with van der Waals surface area (Å²) in [6, 6.07) is 3.07. The van der Waals surface area contributed by atoms with E-state index in [-0.39, 0.29) is 48.7 Å². The minimum atomic E-state index is -1.36. The van der Waals surface area contributed by atoms with Gasteiger partial charge in [0.2, 0.25) is 0 Å². The lowest BCUT2D eigenvalue weighted by Gasteiger charge is -2.25. The highest BCUT2D eigenvalue weighted by molar-refractivity contribution is 5.77. The van der Waals surface area contributed by atoms with Crippen LogP contribution in [0.3, 0.4) is 0 Å². The van der Waals surface area contributed by atoms with Crippen molar-refractivity contribution in [1.29, 1.82) is 0 Å². The number of benzene rings is 1. The largest absolute Gasteiger partial charge is 0.508 e. The van der Waals surface area contributed by atoms with Crippen LogP contribution >= 0.6 is 0 Å². The number of carboxylic acid groups (broad SMARTS) is 1. The second kappa shape index (κ2) is 15.2. The van der Waals surface area contributed by atoms with E-state index < -0.39 is 42.1 Å². The Kier molecular flexibility index (Phi) is 13.1. The molecule has 0 saturated carbocycles. The fourth-order valence-corrected chi connectivity index (χ4v) is 3.42. The molecule has 0 radical (unpaired) electrons. The standard InChI is InChI=1S/C27H41NO9/c1-8-17(6)34-27(33)35-18(7)13-20(25(28)26(31)32)19-9-10-21(36-23(29)11-15(2)3)22(14-19)37-24(30)12-16(4)5/h9-10,14-18,20,25H,8,11-13,28H2,1-7H3,(H,31,32)/t17?,18?,20?,25-/m0/s1. The summed E-state index contributed by atoms with van der Waals surface area (Å²) in [5.74, 6) is -3.00. The zero-order valence-electron chi connectivity index (χ0n) is 22.8. The number of hydrogen-bond acceptors (Lipinski definition) is 9. The van der Waals surface area contributed by atoms with Gasteiger partial charge in [-0.1, -0.05) is 40.7 Å². The van der Waals surface area contributed by atoms with Crippen molar-refractivity contribution in [2.45, 2.75) is 98.3 Å². The quantitative estimate of drug-likeness (QED) is 0.256. The van der Waals surface area contributed by atoms with Gasteiger partial charge >= 0.3 is 24.1 Å². The van der Waals surface area contributed by atoms with Crippen LogP contribution in [0, 0.1) is 11.8 Å². The van der Waals surface area contributed by atoms with Crippen molar-refractivity contribution in [2.24, 2.45) is 17.6 Å². The molecule has 1 aromatic carbocycles. The molecular formula is C27H41NO9. The predicted octanol–water partition coefficient (Wildman–Crippen LogP) is 4.82. The number of rotatable bonds is 14. The molecule has 208 valence electrons. The van der Waals surface area contributed by atoms with Crippen LogP contribution in [0.15, 0.2) is 18.2 Å². The Labute approximate surface area is 218 Å². The van der Waals surface area contributed by atoms with Gasteiger partial charge in [-0.05, 0) is 56.2 Å². The molecule has 37 heavy (non-hydrogen) atoms. The number of esters is 2. The lowest BCUT2D eigenvalue weighted by Crippen LogP contribution is -2.38. The van der Waals surface area contributed by atoms with Crippen LogP contribution in [0.4, 0.5) is 4.79 Å². The van der Waals surface area contributed by atoms with Crippen molar-refractivity contribution in [1.82, 2.24) is 0 Å². The molecule has 0 spiro atoms. The number of carbonyl (C=O) groups is 4. The molecule has 1 rings (SSSR count). The number of carbonyl (C=O) groups excluding carboxylic acids is 3. The molecule has 3 N–H and O–H groups in total. The third-order valence-corrected chi connectivity index (χ3v) is 5.47. The summed E-state index contributed by atoms with van der Waals surface area (Å²) in [6.07, 6.45) is -0.967. The van der Waals surface area contributed by atoms with Crippen molar-refractivity contribution in [3.63, 3.8) is 0 Å². The zero-order chi connectivity index (χ0) is 28.3. The van der Waals surface area contributed by atoms with Crippen molar-refractivity contribution in [3.05, 3.63) is 23.8 Å². The SMILES string of the molecule is CCC(C)OC(=O)OC(C)CC(c1ccc(OC(=O)CC(C)C)c(OC(=O)CC(C)C)c1)[C@H](N)C(=O)O. The number of hydrogen-bond donors (Lipinski definition) is 2. The molecule has 0 aromatic heterocycles. The maximum absolute atomic E-state index is 12.4. The summed E-state index contributed by atoms with van der Waals surface area (Å²) < 4.78 is 21.4. The van der Waals surface area contributed by atoms with Crippen LogP contribution in [-0.2, 0) is 23.9 Å². The summed E-state index contributed by atoms with van der Waals surface area (Å²) in [5, 5.41) is 9.62. The fourth-order valence-electron chi connectivity index (χ4n) is 3.42. The fraction of sp³-hybridized carbons (Fsp3) is 0.630. The Balaban J connectivity index is 3.30. The second-order valence-corrected chi connectivity index (χ2v) is 10.1. The molecule has 0 saturated heterocycles. The van der Waals surface area contributed by atoms with E-state index in [2.05, 4.69) is 0 Å². The van der Waals surface area contributed by atoms with E-state index >= 15 is 0 Å². The number of aliphatic carboxylic acids is 1. The van der Waals surface area contributed by atoms with Crippen molar-refractivity contribution in [2.75, 3.05) is 0 Å². The first-order valence-electron chi connectivity index (χ1n) is 12.6.